The van der Waals surface area contributed by atoms with Gasteiger partial charge in [-0.1, -0.05) is 23.7 Å². The third-order valence-electron chi connectivity index (χ3n) is 2.73. The first kappa shape index (κ1) is 21.6. The number of nitrogens with zero attached hydrogens (tertiary/aromatic N) is 2. The van der Waals surface area contributed by atoms with Crippen molar-refractivity contribution in [3.05, 3.63) is 34.5 Å². The zero-order chi connectivity index (χ0) is 18.7. The smallest absolute Gasteiger partial charge is 0.430 e. The van der Waals surface area contributed by atoms with Gasteiger partial charge in [-0.05, 0) is 20.3 Å². The fourth-order valence-electron chi connectivity index (χ4n) is 1.68. The Kier molecular flexibility index (Phi) is 10.0. The van der Waals surface area contributed by atoms with Crippen molar-refractivity contribution in [3.8, 4) is 0 Å². The largest absolute Gasteiger partial charge is 0.571 e. The van der Waals surface area contributed by atoms with Crippen molar-refractivity contribution in [1.82, 2.24) is 0 Å². The summed E-state index contributed by atoms with van der Waals surface area (Å²) in [6.07, 6.45) is 1.37. The molecule has 0 aromatic carbocycles. The molecular weight excluding hydrogens is 320 g/mol. The zero-order valence-corrected chi connectivity index (χ0v) is 14.5. The molecule has 2 N–H and O–H groups in total. The first-order valence-electron chi connectivity index (χ1n) is 7.45. The van der Waals surface area contributed by atoms with E-state index in [9.17, 15) is 20.0 Å². The molecule has 136 valence electrons. The van der Waals surface area contributed by atoms with Gasteiger partial charge < -0.3 is 24.1 Å². The van der Waals surface area contributed by atoms with Crippen molar-refractivity contribution in [2.75, 3.05) is 20.3 Å². The van der Waals surface area contributed by atoms with Crippen LogP contribution in [0.1, 0.15) is 27.2 Å². The van der Waals surface area contributed by atoms with E-state index in [0.29, 0.717) is 12.0 Å². The van der Waals surface area contributed by atoms with Crippen LogP contribution >= 0.6 is 0 Å². The summed E-state index contributed by atoms with van der Waals surface area (Å²) >= 11 is 0. The fraction of sp³-hybridized carbons (Fsp3) is 0.600. The van der Waals surface area contributed by atoms with Crippen molar-refractivity contribution in [3.63, 3.8) is 0 Å². The lowest BCUT2D eigenvalue weighted by Crippen LogP contribution is -2.50. The fourth-order valence-corrected chi connectivity index (χ4v) is 1.68. The van der Waals surface area contributed by atoms with Crippen LogP contribution in [0.25, 0.3) is 0 Å². The molecule has 2 unspecified atom stereocenters. The molecule has 9 heteroatoms. The molecule has 0 spiro atoms. The number of nitro groups is 1. The van der Waals surface area contributed by atoms with Crippen LogP contribution in [0.3, 0.4) is 0 Å². The Morgan fingerprint density at radius 1 is 1.46 bits per heavy atom. The minimum atomic E-state index is -1.76. The second kappa shape index (κ2) is 11.2. The molecule has 0 rings (SSSR count). The molecule has 0 heterocycles. The third kappa shape index (κ3) is 6.78. The zero-order valence-electron chi connectivity index (χ0n) is 14.5. The number of hydrogen-bond donors (Lipinski definition) is 1. The second-order valence-corrected chi connectivity index (χ2v) is 4.82. The van der Waals surface area contributed by atoms with E-state index in [2.05, 4.69) is 6.58 Å². The van der Waals surface area contributed by atoms with E-state index in [1.165, 1.54) is 19.4 Å². The SMILES string of the molecule is C=C(C)/C=C\[N+](=C(O)OC)C(OCCC)C(C(=[OH+])OCC)[N+](=O)[O-]. The predicted molar refractivity (Wildman–Crippen MR) is 88.2 cm³/mol. The summed E-state index contributed by atoms with van der Waals surface area (Å²) in [5, 5.41) is 21.4. The molecule has 0 radical (unpaired) electrons. The monoisotopic (exact) mass is 346 g/mol. The summed E-state index contributed by atoms with van der Waals surface area (Å²) < 4.78 is 16.1. The van der Waals surface area contributed by atoms with Gasteiger partial charge in [0.25, 0.3) is 0 Å². The van der Waals surface area contributed by atoms with Gasteiger partial charge in [0.2, 0.25) is 0 Å². The van der Waals surface area contributed by atoms with Crippen LogP contribution in [-0.2, 0) is 14.2 Å². The first-order chi connectivity index (χ1) is 11.3. The molecule has 0 fully saturated rings. The van der Waals surface area contributed by atoms with Gasteiger partial charge in [0.1, 0.15) is 0 Å². The Bertz CT molecular complexity index is 514. The second-order valence-electron chi connectivity index (χ2n) is 4.82. The molecule has 24 heavy (non-hydrogen) atoms. The van der Waals surface area contributed by atoms with Crippen LogP contribution in [0.5, 0.6) is 0 Å². The number of esters is 1. The Labute approximate surface area is 141 Å². The highest BCUT2D eigenvalue weighted by Crippen LogP contribution is 2.11. The van der Waals surface area contributed by atoms with E-state index in [1.807, 2.05) is 6.92 Å². The maximum Gasteiger partial charge on any atom is 0.571 e. The summed E-state index contributed by atoms with van der Waals surface area (Å²) in [6.45, 7) is 8.97. The maximum absolute atomic E-state index is 11.4. The van der Waals surface area contributed by atoms with Crippen LogP contribution in [0.4, 0.5) is 0 Å². The number of allylic oxidation sites excluding steroid dienone is 2. The van der Waals surface area contributed by atoms with Gasteiger partial charge in [0.05, 0.1) is 18.6 Å². The van der Waals surface area contributed by atoms with Gasteiger partial charge in [-0.3, -0.25) is 10.1 Å². The van der Waals surface area contributed by atoms with Crippen LogP contribution in [-0.4, -0.2) is 64.0 Å². The molecular formula is C15H26N2O7+2. The van der Waals surface area contributed by atoms with Crippen LogP contribution in [0, 0.1) is 10.1 Å². The van der Waals surface area contributed by atoms with E-state index < -0.39 is 29.2 Å². The van der Waals surface area contributed by atoms with Crippen molar-refractivity contribution < 1.29 is 33.6 Å². The number of aliphatic hydroxyl groups is 1. The Morgan fingerprint density at radius 3 is 2.50 bits per heavy atom. The summed E-state index contributed by atoms with van der Waals surface area (Å²) in [5.74, 6) is -0.818. The first-order valence-corrected chi connectivity index (χ1v) is 7.45. The van der Waals surface area contributed by atoms with Gasteiger partial charge >= 0.3 is 24.3 Å². The van der Waals surface area contributed by atoms with Crippen molar-refractivity contribution in [2.45, 2.75) is 39.5 Å². The van der Waals surface area contributed by atoms with Crippen molar-refractivity contribution in [1.29, 1.82) is 0 Å². The maximum atomic E-state index is 11.4. The van der Waals surface area contributed by atoms with E-state index >= 15 is 0 Å². The Hall–Kier alpha value is -2.42. The molecule has 0 aliphatic heterocycles. The van der Waals surface area contributed by atoms with E-state index in [0.717, 1.165) is 4.58 Å². The minimum Gasteiger partial charge on any atom is -0.430 e. The Morgan fingerprint density at radius 2 is 2.08 bits per heavy atom. The summed E-state index contributed by atoms with van der Waals surface area (Å²) in [5.41, 5.74) is 0.633. The average Bonchev–Trinajstić information content (AvgIpc) is 2.51. The van der Waals surface area contributed by atoms with Crippen molar-refractivity contribution >= 4 is 12.1 Å². The number of rotatable bonds is 10. The van der Waals surface area contributed by atoms with Gasteiger partial charge in [-0.25, -0.2) is 0 Å². The van der Waals surface area contributed by atoms with Crippen LogP contribution in [0.15, 0.2) is 24.4 Å². The van der Waals surface area contributed by atoms with E-state index in [1.54, 1.807) is 13.8 Å². The average molecular weight is 346 g/mol. The van der Waals surface area contributed by atoms with Crippen LogP contribution in [0.2, 0.25) is 0 Å². The molecule has 0 aromatic rings. The van der Waals surface area contributed by atoms with Crippen LogP contribution < -0.4 is 0 Å². The minimum absolute atomic E-state index is 0.0399. The highest BCUT2D eigenvalue weighted by molar-refractivity contribution is 5.76. The summed E-state index contributed by atoms with van der Waals surface area (Å²) in [7, 11) is 1.20. The van der Waals surface area contributed by atoms with Gasteiger partial charge in [0, 0.05) is 6.08 Å². The van der Waals surface area contributed by atoms with Gasteiger partial charge in [-0.15, -0.1) is 0 Å². The molecule has 0 bridgehead atoms. The molecule has 0 aliphatic carbocycles. The number of methoxy groups -OCH3 is 1. The number of hydrogen-bond acceptors (Lipinski definition) is 5. The van der Waals surface area contributed by atoms with Gasteiger partial charge in [-0.2, -0.15) is 0 Å². The summed E-state index contributed by atoms with van der Waals surface area (Å²) in [6, 6.07) is -1.76. The molecule has 0 amide bonds. The lowest BCUT2D eigenvalue weighted by atomic mass is 10.2. The lowest BCUT2D eigenvalue weighted by molar-refractivity contribution is -0.641. The van der Waals surface area contributed by atoms with Gasteiger partial charge in [0.15, 0.2) is 12.8 Å². The van der Waals surface area contributed by atoms with E-state index in [-0.39, 0.29) is 13.2 Å². The van der Waals surface area contributed by atoms with E-state index in [4.69, 9.17) is 14.2 Å². The number of ether oxygens (including phenoxy) is 3. The van der Waals surface area contributed by atoms with Crippen molar-refractivity contribution in [2.24, 2.45) is 0 Å². The molecule has 0 saturated carbocycles. The number of carbonyl (C=O) groups excluding carboxylic acids is 1. The topological polar surface area (TPSA) is 115 Å². The Balaban J connectivity index is 6.01. The number of aliphatic hydroxyl groups excluding tert-OH is 1. The molecule has 2 atom stereocenters. The highest BCUT2D eigenvalue weighted by atomic mass is 16.6. The lowest BCUT2D eigenvalue weighted by Gasteiger charge is -2.14. The molecule has 9 nitrogen and oxygen atoms in total. The highest BCUT2D eigenvalue weighted by Gasteiger charge is 2.54. The predicted octanol–water partition coefficient (Wildman–Crippen LogP) is 1.59. The summed E-state index contributed by atoms with van der Waals surface area (Å²) in [4.78, 5) is 20.6. The standard InChI is InChI=1S/C15H24N2O7/c1-6-10-24-13(12(17(20)21)14(18)23-7-2)16(15(19)22-5)9-8-11(3)4/h8-9,12-13H,3,6-7,10H2,1-2,4-5H3/p+2/b9-8-. The third-order valence-corrected chi connectivity index (χ3v) is 2.73. The molecule has 0 saturated heterocycles. The normalized spacial score (nSPS) is 14.7. The molecule has 0 aromatic heterocycles. The quantitative estimate of drug-likeness (QED) is 0.0739. The molecule has 0 aliphatic rings.